The van der Waals surface area contributed by atoms with Crippen LogP contribution in [0.5, 0.6) is 0 Å². The van der Waals surface area contributed by atoms with E-state index >= 15 is 0 Å². The first kappa shape index (κ1) is 10.2. The number of carboxylic acid groups (broad SMARTS) is 1. The molecular weight excluding hydrogens is 220 g/mol. The fraction of sp³-hybridized carbons (Fsp3) is 0.364. The molecule has 0 spiro atoms. The van der Waals surface area contributed by atoms with Crippen LogP contribution >= 0.6 is 0 Å². The van der Waals surface area contributed by atoms with Gasteiger partial charge >= 0.3 is 5.97 Å². The molecule has 0 radical (unpaired) electrons. The summed E-state index contributed by atoms with van der Waals surface area (Å²) in [7, 11) is 0. The standard InChI is InChI=1S/C11H12N4O2/c16-11(17)7-3-2-6-15-10(7)13-9(14-15)8-4-1-5-12-8/h2-3,6,8,12H,1,4-5H2,(H,16,17). The van der Waals surface area contributed by atoms with E-state index in [4.69, 9.17) is 5.11 Å². The van der Waals surface area contributed by atoms with Gasteiger partial charge in [-0.2, -0.15) is 0 Å². The van der Waals surface area contributed by atoms with Crippen molar-refractivity contribution in [1.29, 1.82) is 0 Å². The van der Waals surface area contributed by atoms with Gasteiger partial charge in [-0.3, -0.25) is 0 Å². The number of aromatic carboxylic acids is 1. The number of pyridine rings is 1. The Morgan fingerprint density at radius 3 is 3.18 bits per heavy atom. The van der Waals surface area contributed by atoms with Gasteiger partial charge in [0.15, 0.2) is 11.5 Å². The highest BCUT2D eigenvalue weighted by Crippen LogP contribution is 2.21. The lowest BCUT2D eigenvalue weighted by Crippen LogP contribution is -2.14. The van der Waals surface area contributed by atoms with E-state index in [2.05, 4.69) is 15.4 Å². The summed E-state index contributed by atoms with van der Waals surface area (Å²) in [5.41, 5.74) is 0.591. The van der Waals surface area contributed by atoms with Crippen LogP contribution in [-0.4, -0.2) is 32.2 Å². The Bertz CT molecular complexity index is 572. The number of nitrogens with one attached hydrogen (secondary N) is 1. The predicted molar refractivity (Wildman–Crippen MR) is 59.9 cm³/mol. The molecule has 6 heteroatoms. The van der Waals surface area contributed by atoms with E-state index < -0.39 is 5.97 Å². The highest BCUT2D eigenvalue weighted by atomic mass is 16.4. The molecule has 0 saturated carbocycles. The first-order chi connectivity index (χ1) is 8.25. The maximum atomic E-state index is 11.0. The smallest absolute Gasteiger partial charge is 0.339 e. The van der Waals surface area contributed by atoms with Crippen molar-refractivity contribution in [3.8, 4) is 0 Å². The number of hydrogen-bond acceptors (Lipinski definition) is 4. The molecule has 1 fully saturated rings. The third-order valence-corrected chi connectivity index (χ3v) is 2.98. The molecule has 6 nitrogen and oxygen atoms in total. The van der Waals surface area contributed by atoms with Crippen molar-refractivity contribution in [3.63, 3.8) is 0 Å². The predicted octanol–water partition coefficient (Wildman–Crippen LogP) is 0.852. The molecule has 3 rings (SSSR count). The van der Waals surface area contributed by atoms with Crippen LogP contribution in [0, 0.1) is 0 Å². The third kappa shape index (κ3) is 1.66. The fourth-order valence-corrected chi connectivity index (χ4v) is 2.14. The second-order valence-corrected chi connectivity index (χ2v) is 4.11. The normalized spacial score (nSPS) is 19.9. The van der Waals surface area contributed by atoms with Crippen LogP contribution in [0.15, 0.2) is 18.3 Å². The van der Waals surface area contributed by atoms with Gasteiger partial charge in [0.2, 0.25) is 0 Å². The Morgan fingerprint density at radius 2 is 2.47 bits per heavy atom. The number of rotatable bonds is 2. The molecule has 1 aliphatic heterocycles. The third-order valence-electron chi connectivity index (χ3n) is 2.98. The van der Waals surface area contributed by atoms with Gasteiger partial charge in [-0.05, 0) is 31.5 Å². The van der Waals surface area contributed by atoms with Crippen molar-refractivity contribution < 1.29 is 9.90 Å². The lowest BCUT2D eigenvalue weighted by atomic mass is 10.2. The summed E-state index contributed by atoms with van der Waals surface area (Å²) >= 11 is 0. The van der Waals surface area contributed by atoms with E-state index in [0.717, 1.165) is 19.4 Å². The summed E-state index contributed by atoms with van der Waals surface area (Å²) in [6, 6.07) is 3.35. The van der Waals surface area contributed by atoms with Crippen LogP contribution in [0.3, 0.4) is 0 Å². The first-order valence-electron chi connectivity index (χ1n) is 5.57. The minimum absolute atomic E-state index is 0.150. The molecule has 1 atom stereocenters. The quantitative estimate of drug-likeness (QED) is 0.802. The Hall–Kier alpha value is -1.95. The van der Waals surface area contributed by atoms with E-state index in [9.17, 15) is 4.79 Å². The minimum Gasteiger partial charge on any atom is -0.478 e. The van der Waals surface area contributed by atoms with Crippen molar-refractivity contribution in [2.45, 2.75) is 18.9 Å². The van der Waals surface area contributed by atoms with Crippen LogP contribution < -0.4 is 5.32 Å². The average Bonchev–Trinajstić information content (AvgIpc) is 2.96. The van der Waals surface area contributed by atoms with E-state index in [1.54, 1.807) is 12.3 Å². The second kappa shape index (κ2) is 3.81. The summed E-state index contributed by atoms with van der Waals surface area (Å²) in [5, 5.41) is 16.7. The lowest BCUT2D eigenvalue weighted by Gasteiger charge is -2.02. The molecule has 0 aliphatic carbocycles. The fourth-order valence-electron chi connectivity index (χ4n) is 2.14. The number of hydrogen-bond donors (Lipinski definition) is 2. The van der Waals surface area contributed by atoms with E-state index in [-0.39, 0.29) is 11.6 Å². The molecular formula is C11H12N4O2. The van der Waals surface area contributed by atoms with Gasteiger partial charge in [0.25, 0.3) is 0 Å². The van der Waals surface area contributed by atoms with Gasteiger partial charge in [0.1, 0.15) is 5.56 Å². The summed E-state index contributed by atoms with van der Waals surface area (Å²) in [5.74, 6) is -0.301. The molecule has 2 aromatic heterocycles. The number of fused-ring (bicyclic) bond motifs is 1. The van der Waals surface area contributed by atoms with Gasteiger partial charge in [-0.15, -0.1) is 5.10 Å². The Kier molecular flexibility index (Phi) is 2.29. The highest BCUT2D eigenvalue weighted by molar-refractivity contribution is 5.94. The van der Waals surface area contributed by atoms with Crippen LogP contribution in [0.1, 0.15) is 35.1 Å². The Morgan fingerprint density at radius 1 is 1.59 bits per heavy atom. The summed E-state index contributed by atoms with van der Waals surface area (Å²) < 4.78 is 1.53. The van der Waals surface area contributed by atoms with Crippen LogP contribution in [-0.2, 0) is 0 Å². The zero-order valence-electron chi connectivity index (χ0n) is 9.13. The van der Waals surface area contributed by atoms with Crippen molar-refractivity contribution in [1.82, 2.24) is 19.9 Å². The average molecular weight is 232 g/mol. The Labute approximate surface area is 97.3 Å². The van der Waals surface area contributed by atoms with E-state index in [1.165, 1.54) is 10.6 Å². The molecule has 2 aromatic rings. The molecule has 1 aliphatic rings. The molecule has 0 aromatic carbocycles. The number of aromatic nitrogens is 3. The molecule has 88 valence electrons. The maximum Gasteiger partial charge on any atom is 0.339 e. The topological polar surface area (TPSA) is 79.5 Å². The van der Waals surface area contributed by atoms with Gasteiger partial charge in [0.05, 0.1) is 6.04 Å². The first-order valence-corrected chi connectivity index (χ1v) is 5.57. The molecule has 1 unspecified atom stereocenters. The lowest BCUT2D eigenvalue weighted by molar-refractivity contribution is 0.0698. The monoisotopic (exact) mass is 232 g/mol. The van der Waals surface area contributed by atoms with Crippen LogP contribution in [0.4, 0.5) is 0 Å². The number of carbonyl (C=O) groups is 1. The molecule has 3 heterocycles. The summed E-state index contributed by atoms with van der Waals surface area (Å²) in [6.07, 6.45) is 3.82. The Balaban J connectivity index is 2.11. The minimum atomic E-state index is -0.978. The largest absolute Gasteiger partial charge is 0.478 e. The molecule has 2 N–H and O–H groups in total. The van der Waals surface area contributed by atoms with Crippen LogP contribution in [0.25, 0.3) is 5.65 Å². The highest BCUT2D eigenvalue weighted by Gasteiger charge is 2.22. The SMILES string of the molecule is O=C(O)c1cccn2nc(C3CCCN3)nc12. The van der Waals surface area contributed by atoms with Gasteiger partial charge in [0, 0.05) is 6.20 Å². The zero-order valence-corrected chi connectivity index (χ0v) is 9.13. The van der Waals surface area contributed by atoms with Crippen LogP contribution in [0.2, 0.25) is 0 Å². The van der Waals surface area contributed by atoms with Crippen molar-refractivity contribution in [3.05, 3.63) is 29.7 Å². The zero-order chi connectivity index (χ0) is 11.8. The van der Waals surface area contributed by atoms with Gasteiger partial charge in [-0.1, -0.05) is 0 Å². The van der Waals surface area contributed by atoms with Crippen molar-refractivity contribution in [2.75, 3.05) is 6.54 Å². The van der Waals surface area contributed by atoms with Crippen molar-refractivity contribution >= 4 is 11.6 Å². The maximum absolute atomic E-state index is 11.0. The van der Waals surface area contributed by atoms with Gasteiger partial charge < -0.3 is 10.4 Å². The molecule has 17 heavy (non-hydrogen) atoms. The molecule has 0 bridgehead atoms. The molecule has 1 saturated heterocycles. The van der Waals surface area contributed by atoms with Crippen molar-refractivity contribution in [2.24, 2.45) is 0 Å². The van der Waals surface area contributed by atoms with E-state index in [0.29, 0.717) is 11.5 Å². The summed E-state index contributed by atoms with van der Waals surface area (Å²) in [4.78, 5) is 15.4. The molecule has 0 amide bonds. The van der Waals surface area contributed by atoms with E-state index in [1.807, 2.05) is 0 Å². The van der Waals surface area contributed by atoms with Gasteiger partial charge in [-0.25, -0.2) is 14.3 Å². The second-order valence-electron chi connectivity index (χ2n) is 4.11. The number of nitrogens with zero attached hydrogens (tertiary/aromatic N) is 3. The summed E-state index contributed by atoms with van der Waals surface area (Å²) in [6.45, 7) is 0.964. The number of carboxylic acids is 1.